The van der Waals surface area contributed by atoms with Crippen LogP contribution in [0.1, 0.15) is 29.8 Å². The van der Waals surface area contributed by atoms with Gasteiger partial charge in [0.1, 0.15) is 5.78 Å². The Balaban J connectivity index is 2.15. The summed E-state index contributed by atoms with van der Waals surface area (Å²) >= 11 is 0. The van der Waals surface area contributed by atoms with E-state index in [1.165, 1.54) is 0 Å². The smallest absolute Gasteiger partial charge is 0.147 e. The maximum Gasteiger partial charge on any atom is 0.147 e. The summed E-state index contributed by atoms with van der Waals surface area (Å²) in [5.74, 6) is -0.0967. The molecular formula is C16H21N3O. The number of aryl methyl sites for hydroxylation is 2. The first-order valence-corrected chi connectivity index (χ1v) is 6.95. The second kappa shape index (κ2) is 6.48. The molecule has 2 aromatic rings. The highest BCUT2D eigenvalue weighted by Crippen LogP contribution is 2.18. The van der Waals surface area contributed by atoms with Crippen LogP contribution in [0.3, 0.4) is 0 Å². The molecule has 20 heavy (non-hydrogen) atoms. The van der Waals surface area contributed by atoms with Crippen LogP contribution in [0.4, 0.5) is 0 Å². The molecule has 1 aromatic heterocycles. The van der Waals surface area contributed by atoms with Crippen molar-refractivity contribution in [3.05, 3.63) is 53.3 Å². The summed E-state index contributed by atoms with van der Waals surface area (Å²) in [5.41, 5.74) is 8.73. The van der Waals surface area contributed by atoms with Gasteiger partial charge in [0, 0.05) is 25.7 Å². The molecule has 2 N–H and O–H groups in total. The molecule has 0 fully saturated rings. The van der Waals surface area contributed by atoms with E-state index in [2.05, 4.69) is 12.0 Å². The number of aromatic nitrogens is 2. The van der Waals surface area contributed by atoms with Crippen LogP contribution in [0.25, 0.3) is 0 Å². The van der Waals surface area contributed by atoms with Gasteiger partial charge in [-0.2, -0.15) is 5.10 Å². The number of rotatable bonds is 6. The molecular weight excluding hydrogens is 250 g/mol. The van der Waals surface area contributed by atoms with E-state index in [0.717, 1.165) is 23.4 Å². The Morgan fingerprint density at radius 1 is 1.35 bits per heavy atom. The Labute approximate surface area is 119 Å². The van der Waals surface area contributed by atoms with Gasteiger partial charge in [0.2, 0.25) is 0 Å². The summed E-state index contributed by atoms with van der Waals surface area (Å²) in [6, 6.07) is 11.7. The molecule has 0 aliphatic heterocycles. The molecule has 0 saturated heterocycles. The minimum Gasteiger partial charge on any atom is -0.329 e. The van der Waals surface area contributed by atoms with Gasteiger partial charge in [0.25, 0.3) is 0 Å². The third-order valence-corrected chi connectivity index (χ3v) is 3.57. The highest BCUT2D eigenvalue weighted by Gasteiger charge is 2.20. The standard InChI is InChI=1S/C16H21N3O/c1-3-13-9-14(19(2)18-13)10-16(20)15(11-17)12-7-5-4-6-8-12/h4-9,15H,3,10-11,17H2,1-2H3. The normalized spacial score (nSPS) is 12.3. The molecule has 0 bridgehead atoms. The van der Waals surface area contributed by atoms with Crippen LogP contribution in [0, 0.1) is 0 Å². The zero-order chi connectivity index (χ0) is 14.5. The van der Waals surface area contributed by atoms with E-state index >= 15 is 0 Å². The van der Waals surface area contributed by atoms with Gasteiger partial charge in [0.15, 0.2) is 0 Å². The average molecular weight is 271 g/mol. The molecule has 0 radical (unpaired) electrons. The number of hydrogen-bond acceptors (Lipinski definition) is 3. The Kier molecular flexibility index (Phi) is 4.69. The number of nitrogens with two attached hydrogens (primary N) is 1. The first-order valence-electron chi connectivity index (χ1n) is 6.95. The number of nitrogens with zero attached hydrogens (tertiary/aromatic N) is 2. The number of carbonyl (C=O) groups is 1. The molecule has 0 saturated carbocycles. The van der Waals surface area contributed by atoms with Crippen molar-refractivity contribution in [2.24, 2.45) is 12.8 Å². The molecule has 0 aliphatic carbocycles. The van der Waals surface area contributed by atoms with E-state index in [1.54, 1.807) is 4.68 Å². The Bertz CT molecular complexity index is 575. The molecule has 0 amide bonds. The van der Waals surface area contributed by atoms with E-state index in [0.29, 0.717) is 13.0 Å². The number of ketones is 1. The Hall–Kier alpha value is -1.94. The van der Waals surface area contributed by atoms with Crippen molar-refractivity contribution < 1.29 is 4.79 Å². The quantitative estimate of drug-likeness (QED) is 0.872. The van der Waals surface area contributed by atoms with Crippen LogP contribution in [0.2, 0.25) is 0 Å². The maximum atomic E-state index is 12.5. The van der Waals surface area contributed by atoms with Gasteiger partial charge in [0.05, 0.1) is 11.6 Å². The van der Waals surface area contributed by atoms with Gasteiger partial charge in [-0.1, -0.05) is 37.3 Å². The van der Waals surface area contributed by atoms with Crippen molar-refractivity contribution in [3.8, 4) is 0 Å². The predicted octanol–water partition coefficient (Wildman–Crippen LogP) is 1.84. The van der Waals surface area contributed by atoms with E-state index < -0.39 is 0 Å². The molecule has 1 heterocycles. The van der Waals surface area contributed by atoms with Crippen LogP contribution in [0.15, 0.2) is 36.4 Å². The van der Waals surface area contributed by atoms with Gasteiger partial charge in [-0.05, 0) is 18.1 Å². The Morgan fingerprint density at radius 2 is 2.05 bits per heavy atom. The average Bonchev–Trinajstić information content (AvgIpc) is 2.81. The summed E-state index contributed by atoms with van der Waals surface area (Å²) in [4.78, 5) is 12.5. The monoisotopic (exact) mass is 271 g/mol. The largest absolute Gasteiger partial charge is 0.329 e. The summed E-state index contributed by atoms with van der Waals surface area (Å²) in [6.07, 6.45) is 1.25. The molecule has 4 heteroatoms. The molecule has 4 nitrogen and oxygen atoms in total. The van der Waals surface area contributed by atoms with E-state index in [1.807, 2.05) is 43.4 Å². The molecule has 1 unspecified atom stereocenters. The minimum atomic E-state index is -0.240. The first kappa shape index (κ1) is 14.5. The second-order valence-electron chi connectivity index (χ2n) is 4.95. The third-order valence-electron chi connectivity index (χ3n) is 3.57. The first-order chi connectivity index (χ1) is 9.65. The SMILES string of the molecule is CCc1cc(CC(=O)C(CN)c2ccccc2)n(C)n1. The fourth-order valence-corrected chi connectivity index (χ4v) is 2.35. The van der Waals surface area contributed by atoms with Gasteiger partial charge in [-0.25, -0.2) is 0 Å². The zero-order valence-corrected chi connectivity index (χ0v) is 12.0. The van der Waals surface area contributed by atoms with Crippen LogP contribution in [-0.4, -0.2) is 22.1 Å². The van der Waals surface area contributed by atoms with Crippen LogP contribution in [-0.2, 0) is 24.7 Å². The van der Waals surface area contributed by atoms with Crippen molar-refractivity contribution in [2.75, 3.05) is 6.54 Å². The summed E-state index contributed by atoms with van der Waals surface area (Å²) in [6.45, 7) is 2.39. The van der Waals surface area contributed by atoms with Crippen LogP contribution < -0.4 is 5.73 Å². The molecule has 2 rings (SSSR count). The topological polar surface area (TPSA) is 60.9 Å². The summed E-state index contributed by atoms with van der Waals surface area (Å²) in [5, 5.41) is 4.37. The van der Waals surface area contributed by atoms with Crippen molar-refractivity contribution in [1.29, 1.82) is 0 Å². The number of hydrogen-bond donors (Lipinski definition) is 1. The van der Waals surface area contributed by atoms with Crippen molar-refractivity contribution in [1.82, 2.24) is 9.78 Å². The number of benzene rings is 1. The van der Waals surface area contributed by atoms with Crippen LogP contribution in [0.5, 0.6) is 0 Å². The van der Waals surface area contributed by atoms with Crippen molar-refractivity contribution in [3.63, 3.8) is 0 Å². The van der Waals surface area contributed by atoms with Crippen molar-refractivity contribution in [2.45, 2.75) is 25.7 Å². The molecule has 0 aliphatic rings. The lowest BCUT2D eigenvalue weighted by Crippen LogP contribution is -2.24. The van der Waals surface area contributed by atoms with E-state index in [-0.39, 0.29) is 11.7 Å². The van der Waals surface area contributed by atoms with Gasteiger partial charge >= 0.3 is 0 Å². The second-order valence-corrected chi connectivity index (χ2v) is 4.95. The fourth-order valence-electron chi connectivity index (χ4n) is 2.35. The summed E-state index contributed by atoms with van der Waals surface area (Å²) in [7, 11) is 1.88. The molecule has 1 aromatic carbocycles. The lowest BCUT2D eigenvalue weighted by atomic mass is 9.92. The van der Waals surface area contributed by atoms with Gasteiger partial charge in [-0.3, -0.25) is 9.48 Å². The molecule has 0 spiro atoms. The number of Topliss-reactive ketones (excluding diaryl/α,β-unsaturated/α-hetero) is 1. The number of carbonyl (C=O) groups excluding carboxylic acids is 1. The lowest BCUT2D eigenvalue weighted by Gasteiger charge is -2.14. The van der Waals surface area contributed by atoms with Gasteiger partial charge < -0.3 is 5.73 Å². The summed E-state index contributed by atoms with van der Waals surface area (Å²) < 4.78 is 1.79. The third kappa shape index (κ3) is 3.14. The van der Waals surface area contributed by atoms with E-state index in [9.17, 15) is 4.79 Å². The highest BCUT2D eigenvalue weighted by molar-refractivity contribution is 5.87. The predicted molar refractivity (Wildman–Crippen MR) is 79.5 cm³/mol. The zero-order valence-electron chi connectivity index (χ0n) is 12.0. The van der Waals surface area contributed by atoms with Crippen LogP contribution >= 0.6 is 0 Å². The molecule has 106 valence electrons. The Morgan fingerprint density at radius 3 is 2.60 bits per heavy atom. The minimum absolute atomic E-state index is 0.143. The fraction of sp³-hybridized carbons (Fsp3) is 0.375. The maximum absolute atomic E-state index is 12.5. The molecule has 1 atom stereocenters. The van der Waals surface area contributed by atoms with Gasteiger partial charge in [-0.15, -0.1) is 0 Å². The highest BCUT2D eigenvalue weighted by atomic mass is 16.1. The van der Waals surface area contributed by atoms with E-state index in [4.69, 9.17) is 5.73 Å². The lowest BCUT2D eigenvalue weighted by molar-refractivity contribution is -0.119. The van der Waals surface area contributed by atoms with Crippen molar-refractivity contribution >= 4 is 5.78 Å².